The number of aryl methyl sites for hydroxylation is 2. The van der Waals surface area contributed by atoms with Crippen LogP contribution in [0, 0.1) is 6.92 Å². The summed E-state index contributed by atoms with van der Waals surface area (Å²) in [4.78, 5) is 15.7. The first kappa shape index (κ1) is 26.7. The number of fused-ring (bicyclic) bond motifs is 1. The van der Waals surface area contributed by atoms with E-state index in [1.807, 2.05) is 48.6 Å². The smallest absolute Gasteiger partial charge is 0.379 e. The van der Waals surface area contributed by atoms with Crippen LogP contribution >= 0.6 is 0 Å². The summed E-state index contributed by atoms with van der Waals surface area (Å²) in [5, 5.41) is 8.20. The van der Waals surface area contributed by atoms with Crippen LogP contribution in [-0.2, 0) is 41.1 Å². The van der Waals surface area contributed by atoms with Crippen LogP contribution in [0.25, 0.3) is 11.2 Å². The maximum Gasteiger partial charge on any atom is 0.418 e. The topological polar surface area (TPSA) is 78.8 Å². The Morgan fingerprint density at radius 2 is 1.95 bits per heavy atom. The van der Waals surface area contributed by atoms with Gasteiger partial charge in [-0.25, -0.2) is 4.79 Å². The second-order valence-corrected chi connectivity index (χ2v) is 11.1. The fourth-order valence-corrected chi connectivity index (χ4v) is 5.73. The molecule has 6 rings (SSSR count). The first-order valence-corrected chi connectivity index (χ1v) is 13.2. The molecule has 5 heterocycles. The Balaban J connectivity index is 1.43. The number of nitrogens with zero attached hydrogens (tertiary/aromatic N) is 6. The van der Waals surface area contributed by atoms with Gasteiger partial charge >= 0.3 is 11.9 Å². The number of imidazole rings is 1. The summed E-state index contributed by atoms with van der Waals surface area (Å²) >= 11 is 0. The van der Waals surface area contributed by atoms with Crippen LogP contribution in [-0.4, -0.2) is 67.6 Å². The molecule has 0 amide bonds. The van der Waals surface area contributed by atoms with E-state index in [0.29, 0.717) is 57.1 Å². The number of hydrogen-bond donors (Lipinski definition) is 0. The number of hydrogen-bond acceptors (Lipinski definition) is 6. The fourth-order valence-electron chi connectivity index (χ4n) is 5.73. The monoisotopic (exact) mass is 556 g/mol. The molecule has 0 aliphatic carbocycles. The lowest BCUT2D eigenvalue weighted by Gasteiger charge is -2.42. The van der Waals surface area contributed by atoms with Crippen LogP contribution in [0.4, 0.5) is 13.2 Å². The van der Waals surface area contributed by atoms with E-state index in [0.717, 1.165) is 27.4 Å². The van der Waals surface area contributed by atoms with Crippen molar-refractivity contribution in [1.82, 2.24) is 28.6 Å². The first-order chi connectivity index (χ1) is 19.0. The van der Waals surface area contributed by atoms with Crippen molar-refractivity contribution in [2.75, 3.05) is 32.9 Å². The number of alkyl halides is 3. The van der Waals surface area contributed by atoms with Gasteiger partial charge in [0.05, 0.1) is 42.7 Å². The molecule has 2 fully saturated rings. The predicted octanol–water partition coefficient (Wildman–Crippen LogP) is 3.28. The third kappa shape index (κ3) is 4.84. The maximum atomic E-state index is 14.2. The minimum Gasteiger partial charge on any atom is -0.379 e. The highest BCUT2D eigenvalue weighted by Crippen LogP contribution is 2.38. The van der Waals surface area contributed by atoms with Crippen molar-refractivity contribution in [3.8, 4) is 5.69 Å². The van der Waals surface area contributed by atoms with Gasteiger partial charge in [-0.3, -0.25) is 13.9 Å². The Hall–Kier alpha value is -3.48. The molecule has 0 unspecified atom stereocenters. The van der Waals surface area contributed by atoms with Gasteiger partial charge < -0.3 is 14.0 Å². The summed E-state index contributed by atoms with van der Waals surface area (Å²) in [7, 11) is 1.88. The number of aromatic nitrogens is 5. The number of morpholine rings is 1. The SMILES string of the molecule is Cc1cc(-n2cc3c(C(F)(F)F)cc(CN4CCO[C@H](C)C4)cn3c2=O)cc(C2(Cc3nncn3C)COC2)c1. The van der Waals surface area contributed by atoms with Crippen molar-refractivity contribution in [2.45, 2.75) is 44.5 Å². The minimum atomic E-state index is -4.63. The van der Waals surface area contributed by atoms with E-state index in [4.69, 9.17) is 9.47 Å². The number of rotatable bonds is 6. The van der Waals surface area contributed by atoms with Crippen molar-refractivity contribution in [1.29, 1.82) is 0 Å². The first-order valence-electron chi connectivity index (χ1n) is 13.2. The Labute approximate surface area is 228 Å². The molecule has 0 spiro atoms. The van der Waals surface area contributed by atoms with Crippen LogP contribution in [0.15, 0.2) is 47.8 Å². The average molecular weight is 557 g/mol. The van der Waals surface area contributed by atoms with Gasteiger partial charge in [0, 0.05) is 50.9 Å². The lowest BCUT2D eigenvalue weighted by Crippen LogP contribution is -2.49. The number of ether oxygens (including phenoxy) is 2. The highest BCUT2D eigenvalue weighted by atomic mass is 19.4. The van der Waals surface area contributed by atoms with Gasteiger partial charge in [-0.05, 0) is 48.7 Å². The molecule has 1 atom stereocenters. The second kappa shape index (κ2) is 9.86. The largest absolute Gasteiger partial charge is 0.418 e. The Kier molecular flexibility index (Phi) is 6.59. The summed E-state index contributed by atoms with van der Waals surface area (Å²) in [6, 6.07) is 6.87. The Bertz CT molecular complexity index is 1620. The Morgan fingerprint density at radius 1 is 1.15 bits per heavy atom. The summed E-state index contributed by atoms with van der Waals surface area (Å²) in [6.45, 7) is 6.82. The van der Waals surface area contributed by atoms with Crippen LogP contribution < -0.4 is 5.69 Å². The zero-order valence-corrected chi connectivity index (χ0v) is 22.6. The summed E-state index contributed by atoms with van der Waals surface area (Å²) < 4.78 is 58.2. The molecule has 9 nitrogen and oxygen atoms in total. The number of halogens is 3. The van der Waals surface area contributed by atoms with E-state index in [1.54, 1.807) is 6.33 Å². The van der Waals surface area contributed by atoms with Gasteiger partial charge in [-0.2, -0.15) is 13.2 Å². The van der Waals surface area contributed by atoms with Gasteiger partial charge in [0.15, 0.2) is 0 Å². The van der Waals surface area contributed by atoms with Crippen molar-refractivity contribution in [3.05, 3.63) is 81.5 Å². The van der Waals surface area contributed by atoms with E-state index < -0.39 is 17.4 Å². The summed E-state index contributed by atoms with van der Waals surface area (Å²) in [5.41, 5.74) is 0.819. The second-order valence-electron chi connectivity index (χ2n) is 11.1. The zero-order valence-electron chi connectivity index (χ0n) is 22.6. The molecule has 12 heteroatoms. The molecule has 4 aromatic rings. The lowest BCUT2D eigenvalue weighted by atomic mass is 9.75. The highest BCUT2D eigenvalue weighted by molar-refractivity contribution is 5.58. The molecule has 2 saturated heterocycles. The average Bonchev–Trinajstić information content (AvgIpc) is 3.42. The quantitative estimate of drug-likeness (QED) is 0.363. The lowest BCUT2D eigenvalue weighted by molar-refractivity contribution is -0.136. The molecule has 0 saturated carbocycles. The fraction of sp³-hybridized carbons (Fsp3) is 0.464. The van der Waals surface area contributed by atoms with Gasteiger partial charge in [-0.15, -0.1) is 10.2 Å². The van der Waals surface area contributed by atoms with E-state index in [9.17, 15) is 18.0 Å². The molecule has 0 bridgehead atoms. The standard InChI is InChI=1S/C28H31F3N6O3/c1-18-6-21(27(15-39-16-27)10-25-33-32-17-34(25)3)9-22(7-18)36-14-24-23(28(29,30)31)8-20(13-37(24)26(36)38)12-35-4-5-40-19(2)11-35/h6-9,13-14,17,19H,4-5,10-12,15-16H2,1-3H3/t19-/m1/s1. The molecule has 0 radical (unpaired) electrons. The highest BCUT2D eigenvalue weighted by Gasteiger charge is 2.42. The molecule has 1 aromatic carbocycles. The zero-order chi connectivity index (χ0) is 28.2. The van der Waals surface area contributed by atoms with Crippen LogP contribution in [0.2, 0.25) is 0 Å². The number of pyridine rings is 1. The van der Waals surface area contributed by atoms with Gasteiger partial charge in [0.2, 0.25) is 0 Å². The van der Waals surface area contributed by atoms with Crippen molar-refractivity contribution >= 4 is 5.52 Å². The van der Waals surface area contributed by atoms with E-state index >= 15 is 0 Å². The van der Waals surface area contributed by atoms with Gasteiger partial charge in [0.25, 0.3) is 0 Å². The van der Waals surface area contributed by atoms with Gasteiger partial charge in [0.1, 0.15) is 12.2 Å². The molecule has 3 aromatic heterocycles. The molecule has 2 aliphatic heterocycles. The molecule has 0 N–H and O–H groups in total. The summed E-state index contributed by atoms with van der Waals surface area (Å²) in [5.74, 6) is 0.801. The molecular formula is C28H31F3N6O3. The van der Waals surface area contributed by atoms with Crippen LogP contribution in [0.5, 0.6) is 0 Å². The molecule has 212 valence electrons. The van der Waals surface area contributed by atoms with Gasteiger partial charge in [-0.1, -0.05) is 6.07 Å². The van der Waals surface area contributed by atoms with Crippen LogP contribution in [0.3, 0.4) is 0 Å². The number of benzene rings is 1. The molecule has 40 heavy (non-hydrogen) atoms. The Morgan fingerprint density at radius 3 is 2.60 bits per heavy atom. The van der Waals surface area contributed by atoms with E-state index in [2.05, 4.69) is 10.2 Å². The van der Waals surface area contributed by atoms with Crippen molar-refractivity contribution in [3.63, 3.8) is 0 Å². The maximum absolute atomic E-state index is 14.2. The van der Waals surface area contributed by atoms with Crippen molar-refractivity contribution in [2.24, 2.45) is 7.05 Å². The van der Waals surface area contributed by atoms with E-state index in [1.165, 1.54) is 17.0 Å². The van der Waals surface area contributed by atoms with E-state index in [-0.39, 0.29) is 17.0 Å². The predicted molar refractivity (Wildman–Crippen MR) is 141 cm³/mol. The van der Waals surface area contributed by atoms with Crippen LogP contribution in [0.1, 0.15) is 35.0 Å². The minimum absolute atomic E-state index is 0.00286. The van der Waals surface area contributed by atoms with Crippen molar-refractivity contribution < 1.29 is 22.6 Å². The normalized spacial score (nSPS) is 19.7. The third-order valence-corrected chi connectivity index (χ3v) is 7.87. The third-order valence-electron chi connectivity index (χ3n) is 7.87. The summed E-state index contributed by atoms with van der Waals surface area (Å²) in [6.07, 6.45) is 0.409. The molecule has 2 aliphatic rings. The molecular weight excluding hydrogens is 525 g/mol.